The molecular weight excluding hydrogens is 533 g/mol. The molecule has 11 heteroatoms. The van der Waals surface area contributed by atoms with E-state index in [1.165, 1.54) is 84.8 Å². The highest BCUT2D eigenvalue weighted by molar-refractivity contribution is 7.92. The van der Waals surface area contributed by atoms with Crippen LogP contribution in [0.1, 0.15) is 19.4 Å². The van der Waals surface area contributed by atoms with Crippen molar-refractivity contribution in [2.24, 2.45) is 0 Å². The molecule has 0 spiro atoms. The molecule has 0 fully saturated rings. The van der Waals surface area contributed by atoms with Crippen LogP contribution in [0.15, 0.2) is 77.7 Å². The van der Waals surface area contributed by atoms with E-state index in [2.05, 4.69) is 5.32 Å². The normalized spacial score (nSPS) is 11.9. The van der Waals surface area contributed by atoms with Crippen molar-refractivity contribution < 1.29 is 27.1 Å². The molecular formula is C27H29ClFN3O5S. The fourth-order valence-corrected chi connectivity index (χ4v) is 5.24. The van der Waals surface area contributed by atoms with E-state index >= 15 is 0 Å². The molecule has 0 heterocycles. The van der Waals surface area contributed by atoms with Crippen LogP contribution in [-0.4, -0.2) is 51.4 Å². The van der Waals surface area contributed by atoms with Gasteiger partial charge in [-0.25, -0.2) is 12.8 Å². The van der Waals surface area contributed by atoms with Crippen molar-refractivity contribution in [1.29, 1.82) is 0 Å². The lowest BCUT2D eigenvalue weighted by Crippen LogP contribution is -2.51. The minimum Gasteiger partial charge on any atom is -0.497 e. The van der Waals surface area contributed by atoms with Crippen LogP contribution >= 0.6 is 11.6 Å². The highest BCUT2D eigenvalue weighted by Crippen LogP contribution is 2.27. The summed E-state index contributed by atoms with van der Waals surface area (Å²) in [5.41, 5.74) is 0.790. The van der Waals surface area contributed by atoms with E-state index in [0.717, 1.165) is 4.31 Å². The van der Waals surface area contributed by atoms with Gasteiger partial charge in [-0.3, -0.25) is 13.9 Å². The average molecular weight is 562 g/mol. The first-order valence-electron chi connectivity index (χ1n) is 11.8. The molecule has 3 rings (SSSR count). The fourth-order valence-electron chi connectivity index (χ4n) is 3.70. The van der Waals surface area contributed by atoms with Gasteiger partial charge >= 0.3 is 0 Å². The Kier molecular flexibility index (Phi) is 9.71. The molecule has 8 nitrogen and oxygen atoms in total. The summed E-state index contributed by atoms with van der Waals surface area (Å²) in [6, 6.07) is 16.4. The molecule has 38 heavy (non-hydrogen) atoms. The van der Waals surface area contributed by atoms with E-state index in [4.69, 9.17) is 16.3 Å². The number of rotatable bonds is 11. The molecule has 3 aromatic rings. The maximum Gasteiger partial charge on any atom is 0.264 e. The second kappa shape index (κ2) is 12.7. The van der Waals surface area contributed by atoms with Crippen molar-refractivity contribution in [2.75, 3.05) is 24.5 Å². The molecule has 0 aliphatic rings. The minimum absolute atomic E-state index is 0.0333. The molecule has 0 aromatic heterocycles. The lowest BCUT2D eigenvalue weighted by atomic mass is 10.1. The number of methoxy groups -OCH3 is 1. The Bertz CT molecular complexity index is 1350. The topological polar surface area (TPSA) is 96.0 Å². The molecule has 202 valence electrons. The summed E-state index contributed by atoms with van der Waals surface area (Å²) < 4.78 is 47.0. The van der Waals surface area contributed by atoms with Gasteiger partial charge in [-0.15, -0.1) is 0 Å². The second-order valence-corrected chi connectivity index (χ2v) is 10.7. The van der Waals surface area contributed by atoms with Crippen molar-refractivity contribution in [2.45, 2.75) is 31.3 Å². The lowest BCUT2D eigenvalue weighted by molar-refractivity contribution is -0.139. The number of ether oxygens (including phenoxy) is 1. The maximum atomic E-state index is 13.7. The Morgan fingerprint density at radius 1 is 1.00 bits per heavy atom. The van der Waals surface area contributed by atoms with E-state index < -0.39 is 40.2 Å². The number of carbonyl (C=O) groups excluding carboxylic acids is 2. The summed E-state index contributed by atoms with van der Waals surface area (Å²) in [6.07, 6.45) is 0. The van der Waals surface area contributed by atoms with Gasteiger partial charge in [0.1, 0.15) is 24.2 Å². The first kappa shape index (κ1) is 28.9. The second-order valence-electron chi connectivity index (χ2n) is 8.38. The van der Waals surface area contributed by atoms with E-state index in [1.54, 1.807) is 13.8 Å². The number of sulfonamides is 1. The number of likely N-dealkylation sites (N-methyl/N-ethyl adjacent to an activating group) is 1. The predicted octanol–water partition coefficient (Wildman–Crippen LogP) is 4.24. The largest absolute Gasteiger partial charge is 0.497 e. The third-order valence-corrected chi connectivity index (χ3v) is 7.87. The number of hydrogen-bond donors (Lipinski definition) is 1. The molecule has 0 aliphatic heterocycles. The van der Waals surface area contributed by atoms with Crippen LogP contribution in [0.2, 0.25) is 5.02 Å². The summed E-state index contributed by atoms with van der Waals surface area (Å²) in [5.74, 6) is -0.999. The Morgan fingerprint density at radius 3 is 2.16 bits per heavy atom. The Labute approximate surface area is 227 Å². The van der Waals surface area contributed by atoms with Crippen LogP contribution in [0.4, 0.5) is 10.1 Å². The monoisotopic (exact) mass is 561 g/mol. The third kappa shape index (κ3) is 7.02. The number of halogens is 2. The molecule has 0 saturated carbocycles. The molecule has 1 N–H and O–H groups in total. The number of nitrogens with zero attached hydrogens (tertiary/aromatic N) is 2. The van der Waals surface area contributed by atoms with Gasteiger partial charge in [0.15, 0.2) is 0 Å². The predicted molar refractivity (Wildman–Crippen MR) is 144 cm³/mol. The molecule has 0 unspecified atom stereocenters. The van der Waals surface area contributed by atoms with E-state index in [1.807, 2.05) is 0 Å². The van der Waals surface area contributed by atoms with Crippen molar-refractivity contribution in [1.82, 2.24) is 10.2 Å². The van der Waals surface area contributed by atoms with Gasteiger partial charge in [-0.2, -0.15) is 0 Å². The van der Waals surface area contributed by atoms with Gasteiger partial charge in [-0.05, 0) is 80.1 Å². The van der Waals surface area contributed by atoms with Crippen molar-refractivity contribution in [3.8, 4) is 5.75 Å². The van der Waals surface area contributed by atoms with Crippen molar-refractivity contribution >= 4 is 39.1 Å². The zero-order valence-electron chi connectivity index (χ0n) is 21.2. The first-order valence-corrected chi connectivity index (χ1v) is 13.6. The number of benzene rings is 3. The van der Waals surface area contributed by atoms with Gasteiger partial charge in [0.05, 0.1) is 17.7 Å². The third-order valence-electron chi connectivity index (χ3n) is 5.83. The average Bonchev–Trinajstić information content (AvgIpc) is 2.91. The standard InChI is InChI=1S/C27H29ClFN3O5S/c1-4-30-27(34)19(2)31(17-20-5-9-22(29)10-6-20)26(33)18-32(23-11-7-21(28)8-12-23)38(35,36)25-15-13-24(37-3)14-16-25/h5-16,19H,4,17-18H2,1-3H3,(H,30,34)/t19-/m0/s1. The number of amides is 2. The summed E-state index contributed by atoms with van der Waals surface area (Å²) in [7, 11) is -2.75. The van der Waals surface area contributed by atoms with Crippen molar-refractivity contribution in [3.05, 3.63) is 89.2 Å². The number of anilines is 1. The SMILES string of the molecule is CCNC(=O)[C@H](C)N(Cc1ccc(F)cc1)C(=O)CN(c1ccc(Cl)cc1)S(=O)(=O)c1ccc(OC)cc1. The van der Waals surface area contributed by atoms with Crippen LogP contribution in [0.5, 0.6) is 5.75 Å². The molecule has 3 aromatic carbocycles. The van der Waals surface area contributed by atoms with Crippen LogP contribution in [0.3, 0.4) is 0 Å². The van der Waals surface area contributed by atoms with Crippen molar-refractivity contribution in [3.63, 3.8) is 0 Å². The highest BCUT2D eigenvalue weighted by Gasteiger charge is 2.32. The van der Waals surface area contributed by atoms with E-state index in [9.17, 15) is 22.4 Å². The van der Waals surface area contributed by atoms with Gasteiger partial charge in [0.2, 0.25) is 11.8 Å². The number of carbonyl (C=O) groups is 2. The molecule has 0 saturated heterocycles. The first-order chi connectivity index (χ1) is 18.1. The Morgan fingerprint density at radius 2 is 1.61 bits per heavy atom. The van der Waals surface area contributed by atoms with Crippen LogP contribution in [0.25, 0.3) is 0 Å². The maximum absolute atomic E-state index is 13.7. The van der Waals surface area contributed by atoms with Gasteiger partial charge in [0.25, 0.3) is 10.0 Å². The molecule has 2 amide bonds. The zero-order valence-corrected chi connectivity index (χ0v) is 22.8. The Balaban J connectivity index is 2.01. The van der Waals surface area contributed by atoms with Crippen LogP contribution in [-0.2, 0) is 26.2 Å². The number of hydrogen-bond acceptors (Lipinski definition) is 5. The van der Waals surface area contributed by atoms with Gasteiger partial charge in [0, 0.05) is 18.1 Å². The van der Waals surface area contributed by atoms with Crippen LogP contribution in [0, 0.1) is 5.82 Å². The molecule has 0 bridgehead atoms. The molecule has 1 atom stereocenters. The van der Waals surface area contributed by atoms with Crippen LogP contribution < -0.4 is 14.4 Å². The smallest absolute Gasteiger partial charge is 0.264 e. The fraction of sp³-hybridized carbons (Fsp3) is 0.259. The van der Waals surface area contributed by atoms with E-state index in [0.29, 0.717) is 22.9 Å². The van der Waals surface area contributed by atoms with Gasteiger partial charge in [-0.1, -0.05) is 23.7 Å². The zero-order chi connectivity index (χ0) is 27.9. The summed E-state index contributed by atoms with van der Waals surface area (Å²) in [6.45, 7) is 3.03. The molecule has 0 radical (unpaired) electrons. The highest BCUT2D eigenvalue weighted by atomic mass is 35.5. The van der Waals surface area contributed by atoms with Gasteiger partial charge < -0.3 is 15.0 Å². The summed E-state index contributed by atoms with van der Waals surface area (Å²) >= 11 is 6.02. The molecule has 0 aliphatic carbocycles. The van der Waals surface area contributed by atoms with E-state index in [-0.39, 0.29) is 17.1 Å². The summed E-state index contributed by atoms with van der Waals surface area (Å²) in [4.78, 5) is 27.6. The lowest BCUT2D eigenvalue weighted by Gasteiger charge is -2.32. The quantitative estimate of drug-likeness (QED) is 0.378. The minimum atomic E-state index is -4.22. The Hall–Kier alpha value is -3.63. The summed E-state index contributed by atoms with van der Waals surface area (Å²) in [5, 5.41) is 3.08. The number of nitrogens with one attached hydrogen (secondary N) is 1.